The van der Waals surface area contributed by atoms with E-state index in [0.717, 1.165) is 97.3 Å². The summed E-state index contributed by atoms with van der Waals surface area (Å²) in [6, 6.07) is 0. The van der Waals surface area contributed by atoms with Gasteiger partial charge in [-0.05, 0) is 39.0 Å². The Labute approximate surface area is 180 Å². The number of ether oxygens (including phenoxy) is 4. The number of rotatable bonds is 7. The van der Waals surface area contributed by atoms with Crippen LogP contribution in [0.2, 0.25) is 0 Å². The van der Waals surface area contributed by atoms with Crippen molar-refractivity contribution in [1.29, 1.82) is 0 Å². The maximum atomic E-state index is 5.95. The third-order valence-electron chi connectivity index (χ3n) is 5.19. The predicted molar refractivity (Wildman–Crippen MR) is 116 cm³/mol. The highest BCUT2D eigenvalue weighted by Crippen LogP contribution is 2.21. The van der Waals surface area contributed by atoms with Crippen LogP contribution in [0.5, 0.6) is 0 Å². The van der Waals surface area contributed by atoms with Gasteiger partial charge in [0.2, 0.25) is 0 Å². The zero-order valence-electron chi connectivity index (χ0n) is 16.6. The molecular weight excluding hydrogens is 461 g/mol. The van der Waals surface area contributed by atoms with E-state index in [1.165, 1.54) is 0 Å². The predicted octanol–water partition coefficient (Wildman–Crippen LogP) is 2.04. The molecule has 158 valence electrons. The van der Waals surface area contributed by atoms with Crippen molar-refractivity contribution in [2.75, 3.05) is 59.2 Å². The average molecular weight is 497 g/mol. The highest BCUT2D eigenvalue weighted by molar-refractivity contribution is 14.0. The summed E-state index contributed by atoms with van der Waals surface area (Å²) in [4.78, 5) is 7.13. The molecule has 0 amide bonds. The van der Waals surface area contributed by atoms with Crippen molar-refractivity contribution < 1.29 is 18.9 Å². The fourth-order valence-electron chi connectivity index (χ4n) is 3.76. The SMILES string of the molecule is CCNC(=NCCCOC1CCOCC1)N1CCOC(C2CCCO2)C1.I. The number of nitrogens with one attached hydrogen (secondary N) is 1. The molecule has 0 aromatic carbocycles. The lowest BCUT2D eigenvalue weighted by atomic mass is 10.1. The van der Waals surface area contributed by atoms with Gasteiger partial charge in [0.1, 0.15) is 6.10 Å². The molecule has 3 aliphatic rings. The van der Waals surface area contributed by atoms with Crippen LogP contribution in [0.15, 0.2) is 4.99 Å². The second-order valence-electron chi connectivity index (χ2n) is 7.18. The Morgan fingerprint density at radius 3 is 2.67 bits per heavy atom. The summed E-state index contributed by atoms with van der Waals surface area (Å²) in [5.74, 6) is 0.991. The molecule has 0 radical (unpaired) electrons. The standard InChI is InChI=1S/C19H35N3O4.HI/c1-2-20-19(21-8-4-11-24-16-6-12-23-13-7-16)22-9-14-26-18(15-22)17-5-3-10-25-17;/h16-18H,2-15H2,1H3,(H,20,21);1H. The van der Waals surface area contributed by atoms with Crippen LogP contribution >= 0.6 is 24.0 Å². The zero-order chi connectivity index (χ0) is 18.0. The van der Waals surface area contributed by atoms with Gasteiger partial charge >= 0.3 is 0 Å². The summed E-state index contributed by atoms with van der Waals surface area (Å²) in [6.45, 7) is 9.55. The summed E-state index contributed by atoms with van der Waals surface area (Å²) in [6.07, 6.45) is 6.01. The average Bonchev–Trinajstić information content (AvgIpc) is 3.23. The van der Waals surface area contributed by atoms with Crippen LogP contribution in [0.1, 0.15) is 39.0 Å². The van der Waals surface area contributed by atoms with E-state index in [0.29, 0.717) is 6.10 Å². The number of hydrogen-bond donors (Lipinski definition) is 1. The third-order valence-corrected chi connectivity index (χ3v) is 5.19. The molecule has 0 aliphatic carbocycles. The highest BCUT2D eigenvalue weighted by atomic mass is 127. The molecule has 1 N–H and O–H groups in total. The van der Waals surface area contributed by atoms with E-state index < -0.39 is 0 Å². The molecule has 7 nitrogen and oxygen atoms in total. The molecule has 0 saturated carbocycles. The van der Waals surface area contributed by atoms with Crippen LogP contribution in [0.25, 0.3) is 0 Å². The molecule has 0 aromatic heterocycles. The van der Waals surface area contributed by atoms with Gasteiger partial charge in [-0.3, -0.25) is 4.99 Å². The molecule has 3 heterocycles. The lowest BCUT2D eigenvalue weighted by Gasteiger charge is -2.37. The van der Waals surface area contributed by atoms with E-state index >= 15 is 0 Å². The van der Waals surface area contributed by atoms with E-state index in [9.17, 15) is 0 Å². The first-order valence-electron chi connectivity index (χ1n) is 10.3. The summed E-state index contributed by atoms with van der Waals surface area (Å²) >= 11 is 0. The first kappa shape index (κ1) is 23.1. The topological polar surface area (TPSA) is 64.6 Å². The number of nitrogens with zero attached hydrogens (tertiary/aromatic N) is 2. The van der Waals surface area contributed by atoms with Crippen LogP contribution in [0.4, 0.5) is 0 Å². The number of guanidine groups is 1. The summed E-state index contributed by atoms with van der Waals surface area (Å²) < 4.78 is 23.1. The largest absolute Gasteiger partial charge is 0.381 e. The van der Waals surface area contributed by atoms with E-state index in [-0.39, 0.29) is 36.2 Å². The number of morpholine rings is 1. The Balaban J connectivity index is 0.00000261. The Morgan fingerprint density at radius 1 is 1.11 bits per heavy atom. The number of hydrogen-bond acceptors (Lipinski definition) is 5. The van der Waals surface area contributed by atoms with Crippen molar-refractivity contribution in [2.45, 2.75) is 57.3 Å². The van der Waals surface area contributed by atoms with Gasteiger partial charge in [-0.25, -0.2) is 0 Å². The minimum atomic E-state index is 0. The first-order valence-corrected chi connectivity index (χ1v) is 10.3. The quantitative estimate of drug-likeness (QED) is 0.252. The lowest BCUT2D eigenvalue weighted by molar-refractivity contribution is -0.0817. The molecule has 3 rings (SSSR count). The van der Waals surface area contributed by atoms with Gasteiger partial charge in [0.05, 0.1) is 18.8 Å². The van der Waals surface area contributed by atoms with E-state index in [2.05, 4.69) is 17.1 Å². The van der Waals surface area contributed by atoms with Gasteiger partial charge < -0.3 is 29.2 Å². The van der Waals surface area contributed by atoms with Crippen molar-refractivity contribution in [3.63, 3.8) is 0 Å². The van der Waals surface area contributed by atoms with Gasteiger partial charge in [0.25, 0.3) is 0 Å². The molecule has 2 atom stereocenters. The van der Waals surface area contributed by atoms with Crippen LogP contribution in [0, 0.1) is 0 Å². The van der Waals surface area contributed by atoms with Crippen LogP contribution in [-0.4, -0.2) is 88.4 Å². The van der Waals surface area contributed by atoms with Crippen molar-refractivity contribution in [3.05, 3.63) is 0 Å². The Bertz CT molecular complexity index is 429. The van der Waals surface area contributed by atoms with Gasteiger partial charge in [0, 0.05) is 52.6 Å². The molecule has 3 saturated heterocycles. The molecule has 2 unspecified atom stereocenters. The Kier molecular flexibility index (Phi) is 11.2. The molecular formula is C19H36IN3O4. The summed E-state index contributed by atoms with van der Waals surface area (Å²) in [7, 11) is 0. The van der Waals surface area contributed by atoms with Gasteiger partial charge in [-0.15, -0.1) is 24.0 Å². The lowest BCUT2D eigenvalue weighted by Crippen LogP contribution is -2.53. The minimum Gasteiger partial charge on any atom is -0.381 e. The van der Waals surface area contributed by atoms with E-state index in [4.69, 9.17) is 23.9 Å². The van der Waals surface area contributed by atoms with E-state index in [1.54, 1.807) is 0 Å². The smallest absolute Gasteiger partial charge is 0.194 e. The normalized spacial score (nSPS) is 27.4. The molecule has 8 heteroatoms. The van der Waals surface area contributed by atoms with Gasteiger partial charge in [-0.1, -0.05) is 0 Å². The molecule has 3 aliphatic heterocycles. The van der Waals surface area contributed by atoms with Gasteiger partial charge in [-0.2, -0.15) is 0 Å². The number of halogens is 1. The Morgan fingerprint density at radius 2 is 1.93 bits per heavy atom. The minimum absolute atomic E-state index is 0. The second-order valence-corrected chi connectivity index (χ2v) is 7.18. The van der Waals surface area contributed by atoms with Crippen molar-refractivity contribution in [1.82, 2.24) is 10.2 Å². The maximum absolute atomic E-state index is 5.95. The van der Waals surface area contributed by atoms with Crippen molar-refractivity contribution in [2.24, 2.45) is 4.99 Å². The summed E-state index contributed by atoms with van der Waals surface area (Å²) in [5, 5.41) is 3.43. The molecule has 3 fully saturated rings. The highest BCUT2D eigenvalue weighted by Gasteiger charge is 2.32. The zero-order valence-corrected chi connectivity index (χ0v) is 18.9. The summed E-state index contributed by atoms with van der Waals surface area (Å²) in [5.41, 5.74) is 0. The van der Waals surface area contributed by atoms with Crippen LogP contribution in [0.3, 0.4) is 0 Å². The number of aliphatic imine (C=N–C) groups is 1. The van der Waals surface area contributed by atoms with E-state index in [1.807, 2.05) is 0 Å². The fourth-order valence-corrected chi connectivity index (χ4v) is 3.76. The monoisotopic (exact) mass is 497 g/mol. The first-order chi connectivity index (χ1) is 12.9. The van der Waals surface area contributed by atoms with Crippen LogP contribution in [-0.2, 0) is 18.9 Å². The van der Waals surface area contributed by atoms with Crippen molar-refractivity contribution in [3.8, 4) is 0 Å². The van der Waals surface area contributed by atoms with Crippen molar-refractivity contribution >= 4 is 29.9 Å². The fraction of sp³-hybridized carbons (Fsp3) is 0.947. The third kappa shape index (κ3) is 7.64. The van der Waals surface area contributed by atoms with Gasteiger partial charge in [0.15, 0.2) is 5.96 Å². The molecule has 0 aromatic rings. The second kappa shape index (κ2) is 13.1. The Hall–Kier alpha value is -0.160. The molecule has 27 heavy (non-hydrogen) atoms. The molecule has 0 spiro atoms. The maximum Gasteiger partial charge on any atom is 0.194 e. The van der Waals surface area contributed by atoms with Crippen LogP contribution < -0.4 is 5.32 Å². The molecule has 0 bridgehead atoms.